The second-order valence-corrected chi connectivity index (χ2v) is 4.49. The minimum Gasteiger partial charge on any atom is -0.396 e. The highest BCUT2D eigenvalue weighted by Crippen LogP contribution is 2.17. The molecule has 0 amide bonds. The van der Waals surface area contributed by atoms with E-state index in [4.69, 9.17) is 5.73 Å². The van der Waals surface area contributed by atoms with Crippen molar-refractivity contribution >= 4 is 27.4 Å². The number of carbonyl (C=O) groups is 1. The van der Waals surface area contributed by atoms with E-state index in [9.17, 15) is 9.18 Å². The van der Waals surface area contributed by atoms with E-state index in [0.717, 1.165) is 4.47 Å². The number of anilines is 1. The van der Waals surface area contributed by atoms with Crippen molar-refractivity contribution in [2.45, 2.75) is 0 Å². The number of halogens is 2. The molecule has 2 aromatic carbocycles. The molecule has 0 aliphatic carbocycles. The van der Waals surface area contributed by atoms with E-state index >= 15 is 0 Å². The zero-order valence-electron chi connectivity index (χ0n) is 8.78. The Morgan fingerprint density at radius 3 is 2.24 bits per heavy atom. The Balaban J connectivity index is 2.37. The minimum absolute atomic E-state index is 0.0204. The van der Waals surface area contributed by atoms with Crippen LogP contribution in [0.25, 0.3) is 0 Å². The first-order valence-electron chi connectivity index (χ1n) is 4.93. The summed E-state index contributed by atoms with van der Waals surface area (Å²) >= 11 is 3.29. The summed E-state index contributed by atoms with van der Waals surface area (Å²) in [5, 5.41) is 0. The summed E-state index contributed by atoms with van der Waals surface area (Å²) in [6, 6.07) is 10.9. The molecule has 0 aliphatic rings. The lowest BCUT2D eigenvalue weighted by Gasteiger charge is -2.03. The predicted molar refractivity (Wildman–Crippen MR) is 68.4 cm³/mol. The van der Waals surface area contributed by atoms with Crippen LogP contribution in [0.3, 0.4) is 0 Å². The third-order valence-electron chi connectivity index (χ3n) is 2.36. The lowest BCUT2D eigenvalue weighted by Crippen LogP contribution is -2.03. The van der Waals surface area contributed by atoms with Gasteiger partial charge in [-0.3, -0.25) is 4.79 Å². The van der Waals surface area contributed by atoms with Crippen molar-refractivity contribution in [1.82, 2.24) is 0 Å². The summed E-state index contributed by atoms with van der Waals surface area (Å²) in [6.45, 7) is 0. The molecular weight excluding hydrogens is 285 g/mol. The largest absolute Gasteiger partial charge is 0.396 e. The van der Waals surface area contributed by atoms with Crippen molar-refractivity contribution in [2.75, 3.05) is 5.73 Å². The second kappa shape index (κ2) is 4.67. The first kappa shape index (κ1) is 11.8. The third-order valence-corrected chi connectivity index (χ3v) is 2.89. The molecule has 2 N–H and O–H groups in total. The third kappa shape index (κ3) is 2.53. The topological polar surface area (TPSA) is 43.1 Å². The molecule has 0 atom stereocenters. The SMILES string of the molecule is Nc1cc(C(=O)c2ccc(Br)cc2)ccc1F. The molecule has 0 aromatic heterocycles. The number of ketones is 1. The van der Waals surface area contributed by atoms with Crippen molar-refractivity contribution < 1.29 is 9.18 Å². The zero-order valence-corrected chi connectivity index (χ0v) is 10.4. The summed E-state index contributed by atoms with van der Waals surface area (Å²) in [7, 11) is 0. The number of nitrogen functional groups attached to an aromatic ring is 1. The number of carbonyl (C=O) groups excluding carboxylic acids is 1. The van der Waals surface area contributed by atoms with Crippen LogP contribution in [-0.4, -0.2) is 5.78 Å². The van der Waals surface area contributed by atoms with Crippen LogP contribution in [0.4, 0.5) is 10.1 Å². The molecule has 0 bridgehead atoms. The normalized spacial score (nSPS) is 10.2. The molecule has 0 radical (unpaired) electrons. The van der Waals surface area contributed by atoms with E-state index < -0.39 is 5.82 Å². The van der Waals surface area contributed by atoms with Crippen LogP contribution in [0.1, 0.15) is 15.9 Å². The minimum atomic E-state index is -0.516. The summed E-state index contributed by atoms with van der Waals surface area (Å²) in [5.74, 6) is -0.693. The van der Waals surface area contributed by atoms with Crippen LogP contribution in [0.15, 0.2) is 46.9 Å². The van der Waals surface area contributed by atoms with Crippen molar-refractivity contribution in [3.05, 3.63) is 63.9 Å². The summed E-state index contributed by atoms with van der Waals surface area (Å²) in [4.78, 5) is 12.0. The highest BCUT2D eigenvalue weighted by molar-refractivity contribution is 9.10. The van der Waals surface area contributed by atoms with Gasteiger partial charge < -0.3 is 5.73 Å². The zero-order chi connectivity index (χ0) is 12.4. The van der Waals surface area contributed by atoms with Gasteiger partial charge in [0.25, 0.3) is 0 Å². The fourth-order valence-electron chi connectivity index (χ4n) is 1.45. The summed E-state index contributed by atoms with van der Waals surface area (Å²) in [5.41, 5.74) is 6.33. The molecular formula is C13H9BrFNO. The Kier molecular flexibility index (Phi) is 3.24. The van der Waals surface area contributed by atoms with E-state index in [1.165, 1.54) is 18.2 Å². The van der Waals surface area contributed by atoms with Gasteiger partial charge in [-0.2, -0.15) is 0 Å². The molecule has 0 fully saturated rings. The standard InChI is InChI=1S/C13H9BrFNO/c14-10-4-1-8(2-5-10)13(17)9-3-6-11(15)12(16)7-9/h1-7H,16H2. The molecule has 0 aliphatic heterocycles. The molecule has 0 saturated carbocycles. The van der Waals surface area contributed by atoms with Gasteiger partial charge in [-0.1, -0.05) is 15.9 Å². The Bertz CT molecular complexity index is 566. The number of hydrogen-bond acceptors (Lipinski definition) is 2. The smallest absolute Gasteiger partial charge is 0.193 e. The molecule has 4 heteroatoms. The molecule has 2 rings (SSSR count). The molecule has 0 spiro atoms. The summed E-state index contributed by atoms with van der Waals surface area (Å²) < 4.78 is 13.9. The van der Waals surface area contributed by atoms with Crippen molar-refractivity contribution in [3.63, 3.8) is 0 Å². The van der Waals surface area contributed by atoms with Crippen LogP contribution >= 0.6 is 15.9 Å². The molecule has 86 valence electrons. The van der Waals surface area contributed by atoms with Gasteiger partial charge in [0.1, 0.15) is 5.82 Å². The average molecular weight is 294 g/mol. The monoisotopic (exact) mass is 293 g/mol. The van der Waals surface area contributed by atoms with Gasteiger partial charge >= 0.3 is 0 Å². The van der Waals surface area contributed by atoms with Crippen LogP contribution in [0.5, 0.6) is 0 Å². The Hall–Kier alpha value is -1.68. The predicted octanol–water partition coefficient (Wildman–Crippen LogP) is 3.40. The molecule has 17 heavy (non-hydrogen) atoms. The van der Waals surface area contributed by atoms with E-state index in [-0.39, 0.29) is 11.5 Å². The fraction of sp³-hybridized carbons (Fsp3) is 0. The highest BCUT2D eigenvalue weighted by Gasteiger charge is 2.10. The molecule has 2 nitrogen and oxygen atoms in total. The Labute approximate surface area is 106 Å². The Morgan fingerprint density at radius 2 is 1.65 bits per heavy atom. The number of rotatable bonds is 2. The highest BCUT2D eigenvalue weighted by atomic mass is 79.9. The molecule has 2 aromatic rings. The average Bonchev–Trinajstić information content (AvgIpc) is 2.33. The maximum atomic E-state index is 13.0. The van der Waals surface area contributed by atoms with Crippen LogP contribution in [0, 0.1) is 5.82 Å². The van der Waals surface area contributed by atoms with Gasteiger partial charge in [-0.05, 0) is 42.5 Å². The number of benzene rings is 2. The first-order chi connectivity index (χ1) is 8.08. The van der Waals surface area contributed by atoms with Crippen LogP contribution in [-0.2, 0) is 0 Å². The molecule has 0 unspecified atom stereocenters. The van der Waals surface area contributed by atoms with E-state index in [0.29, 0.717) is 11.1 Å². The summed E-state index contributed by atoms with van der Waals surface area (Å²) in [6.07, 6.45) is 0. The fourth-order valence-corrected chi connectivity index (χ4v) is 1.72. The lowest BCUT2D eigenvalue weighted by atomic mass is 10.0. The van der Waals surface area contributed by atoms with Gasteiger partial charge in [0.2, 0.25) is 0 Å². The Morgan fingerprint density at radius 1 is 1.06 bits per heavy atom. The molecule has 0 saturated heterocycles. The van der Waals surface area contributed by atoms with Crippen LogP contribution in [0.2, 0.25) is 0 Å². The van der Waals surface area contributed by atoms with Gasteiger partial charge in [-0.25, -0.2) is 4.39 Å². The van der Waals surface area contributed by atoms with Crippen LogP contribution < -0.4 is 5.73 Å². The lowest BCUT2D eigenvalue weighted by molar-refractivity contribution is 0.103. The van der Waals surface area contributed by atoms with Crippen molar-refractivity contribution in [1.29, 1.82) is 0 Å². The second-order valence-electron chi connectivity index (χ2n) is 3.57. The van der Waals surface area contributed by atoms with E-state index in [2.05, 4.69) is 15.9 Å². The van der Waals surface area contributed by atoms with E-state index in [1.54, 1.807) is 24.3 Å². The van der Waals surface area contributed by atoms with Gasteiger partial charge in [0, 0.05) is 15.6 Å². The van der Waals surface area contributed by atoms with Gasteiger partial charge in [0.05, 0.1) is 5.69 Å². The van der Waals surface area contributed by atoms with Crippen molar-refractivity contribution in [3.8, 4) is 0 Å². The maximum absolute atomic E-state index is 13.0. The molecule has 0 heterocycles. The number of hydrogen-bond donors (Lipinski definition) is 1. The van der Waals surface area contributed by atoms with Crippen molar-refractivity contribution in [2.24, 2.45) is 0 Å². The maximum Gasteiger partial charge on any atom is 0.193 e. The van der Waals surface area contributed by atoms with Gasteiger partial charge in [-0.15, -0.1) is 0 Å². The van der Waals surface area contributed by atoms with E-state index in [1.807, 2.05) is 0 Å². The quantitative estimate of drug-likeness (QED) is 0.681. The number of nitrogens with two attached hydrogens (primary N) is 1. The first-order valence-corrected chi connectivity index (χ1v) is 5.72. The van der Waals surface area contributed by atoms with Gasteiger partial charge in [0.15, 0.2) is 5.78 Å².